The van der Waals surface area contributed by atoms with Gasteiger partial charge in [0.25, 0.3) is 0 Å². The van der Waals surface area contributed by atoms with Crippen molar-refractivity contribution in [3.05, 3.63) is 24.0 Å². The van der Waals surface area contributed by atoms with Crippen LogP contribution >= 0.6 is 0 Å². The van der Waals surface area contributed by atoms with E-state index in [1.807, 2.05) is 18.4 Å². The molecule has 0 aliphatic heterocycles. The van der Waals surface area contributed by atoms with Crippen molar-refractivity contribution in [2.75, 3.05) is 19.5 Å². The van der Waals surface area contributed by atoms with E-state index >= 15 is 0 Å². The van der Waals surface area contributed by atoms with Crippen LogP contribution in [0.25, 0.3) is 5.82 Å². The highest BCUT2D eigenvalue weighted by Crippen LogP contribution is 2.28. The van der Waals surface area contributed by atoms with Gasteiger partial charge in [-0.1, -0.05) is 0 Å². The third kappa shape index (κ3) is 1.82. The van der Waals surface area contributed by atoms with Gasteiger partial charge in [-0.15, -0.1) is 0 Å². The van der Waals surface area contributed by atoms with Crippen molar-refractivity contribution in [1.82, 2.24) is 19.5 Å². The number of aromatic nitrogens is 4. The number of aryl methyl sites for hydroxylation is 1. The Labute approximate surface area is 99.7 Å². The summed E-state index contributed by atoms with van der Waals surface area (Å²) in [5.74, 6) is 1.95. The minimum atomic E-state index is 0.607. The Morgan fingerprint density at radius 1 is 1.24 bits per heavy atom. The number of hydrogen-bond donors (Lipinski definition) is 1. The van der Waals surface area contributed by atoms with Gasteiger partial charge in [0.2, 0.25) is 5.75 Å². The third-order valence-electron chi connectivity index (χ3n) is 2.71. The molecule has 0 aromatic carbocycles. The van der Waals surface area contributed by atoms with Crippen molar-refractivity contribution in [1.29, 1.82) is 0 Å². The van der Waals surface area contributed by atoms with Gasteiger partial charge in [-0.3, -0.25) is 4.57 Å². The molecule has 0 atom stereocenters. The van der Waals surface area contributed by atoms with E-state index in [4.69, 9.17) is 4.74 Å². The lowest BCUT2D eigenvalue weighted by Gasteiger charge is -2.12. The highest BCUT2D eigenvalue weighted by molar-refractivity contribution is 5.58. The topological polar surface area (TPSA) is 64.9 Å². The molecule has 0 unspecified atom stereocenters. The van der Waals surface area contributed by atoms with Gasteiger partial charge in [0, 0.05) is 12.7 Å². The highest BCUT2D eigenvalue weighted by atomic mass is 16.5. The van der Waals surface area contributed by atoms with Crippen LogP contribution in [-0.4, -0.2) is 33.7 Å². The average Bonchev–Trinajstić information content (AvgIpc) is 2.69. The molecule has 0 saturated carbocycles. The summed E-state index contributed by atoms with van der Waals surface area (Å²) in [6.07, 6.45) is 3.23. The van der Waals surface area contributed by atoms with Gasteiger partial charge in [0.15, 0.2) is 11.6 Å². The van der Waals surface area contributed by atoms with Crippen LogP contribution in [0.2, 0.25) is 0 Å². The fourth-order valence-electron chi connectivity index (χ4n) is 1.61. The van der Waals surface area contributed by atoms with Gasteiger partial charge in [-0.25, -0.2) is 15.0 Å². The van der Waals surface area contributed by atoms with Gasteiger partial charge >= 0.3 is 0 Å². The van der Waals surface area contributed by atoms with Gasteiger partial charge in [0.05, 0.1) is 12.8 Å². The van der Waals surface area contributed by atoms with Gasteiger partial charge in [0.1, 0.15) is 12.7 Å². The SMILES string of the molecule is CNc1ncnc(-n2cnc(C)c2C)c1OC. The summed E-state index contributed by atoms with van der Waals surface area (Å²) in [6, 6.07) is 0. The lowest BCUT2D eigenvalue weighted by Crippen LogP contribution is -2.06. The van der Waals surface area contributed by atoms with Crippen molar-refractivity contribution in [3.8, 4) is 11.6 Å². The van der Waals surface area contributed by atoms with Crippen LogP contribution in [0.15, 0.2) is 12.7 Å². The van der Waals surface area contributed by atoms with E-state index < -0.39 is 0 Å². The Morgan fingerprint density at radius 2 is 2.00 bits per heavy atom. The molecule has 17 heavy (non-hydrogen) atoms. The standard InChI is InChI=1S/C11H15N5O/c1-7-8(2)16(6-15-7)11-9(17-4)10(12-3)13-5-14-11/h5-6H,1-4H3,(H,12,13,14). The zero-order valence-corrected chi connectivity index (χ0v) is 10.4. The molecule has 0 amide bonds. The molecule has 0 radical (unpaired) electrons. The van der Waals surface area contributed by atoms with E-state index in [0.29, 0.717) is 17.4 Å². The first-order chi connectivity index (χ1) is 8.19. The Hall–Kier alpha value is -2.11. The van der Waals surface area contributed by atoms with Gasteiger partial charge < -0.3 is 10.1 Å². The van der Waals surface area contributed by atoms with Crippen LogP contribution in [0.4, 0.5) is 5.82 Å². The maximum atomic E-state index is 5.35. The van der Waals surface area contributed by atoms with E-state index in [9.17, 15) is 0 Å². The molecule has 0 saturated heterocycles. The molecule has 0 aliphatic rings. The van der Waals surface area contributed by atoms with Crippen LogP contribution < -0.4 is 10.1 Å². The molecule has 2 rings (SSSR count). The molecular formula is C11H15N5O. The van der Waals surface area contributed by atoms with Crippen molar-refractivity contribution in [2.45, 2.75) is 13.8 Å². The first kappa shape index (κ1) is 11.4. The minimum Gasteiger partial charge on any atom is -0.490 e. The summed E-state index contributed by atoms with van der Waals surface area (Å²) in [7, 11) is 3.39. The van der Waals surface area contributed by atoms with Crippen molar-refractivity contribution >= 4 is 5.82 Å². The molecule has 0 aliphatic carbocycles. The molecule has 90 valence electrons. The zero-order chi connectivity index (χ0) is 12.4. The number of nitrogens with one attached hydrogen (secondary N) is 1. The molecule has 0 bridgehead atoms. The Morgan fingerprint density at radius 3 is 2.53 bits per heavy atom. The fourth-order valence-corrected chi connectivity index (χ4v) is 1.61. The minimum absolute atomic E-state index is 0.607. The highest BCUT2D eigenvalue weighted by Gasteiger charge is 2.15. The van der Waals surface area contributed by atoms with Crippen molar-refractivity contribution in [3.63, 3.8) is 0 Å². The Balaban J connectivity index is 2.63. The van der Waals surface area contributed by atoms with Crippen molar-refractivity contribution in [2.24, 2.45) is 0 Å². The normalized spacial score (nSPS) is 10.4. The van der Waals surface area contributed by atoms with Crippen LogP contribution in [0.5, 0.6) is 5.75 Å². The molecular weight excluding hydrogens is 218 g/mol. The predicted molar refractivity (Wildman–Crippen MR) is 64.7 cm³/mol. The van der Waals surface area contributed by atoms with Crippen LogP contribution in [0, 0.1) is 13.8 Å². The number of methoxy groups -OCH3 is 1. The molecule has 2 aromatic heterocycles. The second-order valence-corrected chi connectivity index (χ2v) is 3.61. The monoisotopic (exact) mass is 233 g/mol. The van der Waals surface area contributed by atoms with Gasteiger partial charge in [-0.05, 0) is 13.8 Å². The lowest BCUT2D eigenvalue weighted by atomic mass is 10.3. The van der Waals surface area contributed by atoms with Gasteiger partial charge in [-0.2, -0.15) is 0 Å². The molecule has 2 aromatic rings. The average molecular weight is 233 g/mol. The van der Waals surface area contributed by atoms with E-state index in [1.165, 1.54) is 6.33 Å². The second kappa shape index (κ2) is 4.40. The number of nitrogens with zero attached hydrogens (tertiary/aromatic N) is 4. The quantitative estimate of drug-likeness (QED) is 0.866. The van der Waals surface area contributed by atoms with E-state index in [-0.39, 0.29) is 0 Å². The lowest BCUT2D eigenvalue weighted by molar-refractivity contribution is 0.410. The maximum Gasteiger partial charge on any atom is 0.205 e. The van der Waals surface area contributed by atoms with E-state index in [0.717, 1.165) is 11.4 Å². The zero-order valence-electron chi connectivity index (χ0n) is 10.4. The molecule has 0 spiro atoms. The predicted octanol–water partition coefficient (Wildman–Crippen LogP) is 1.33. The summed E-state index contributed by atoms with van der Waals surface area (Å²) in [6.45, 7) is 3.95. The number of hydrogen-bond acceptors (Lipinski definition) is 5. The second-order valence-electron chi connectivity index (χ2n) is 3.61. The molecule has 0 fully saturated rings. The molecule has 6 heteroatoms. The maximum absolute atomic E-state index is 5.35. The Kier molecular flexibility index (Phi) is 2.95. The number of imidazole rings is 1. The molecule has 1 N–H and O–H groups in total. The number of ether oxygens (including phenoxy) is 1. The molecule has 6 nitrogen and oxygen atoms in total. The van der Waals surface area contributed by atoms with Crippen LogP contribution in [0.1, 0.15) is 11.4 Å². The summed E-state index contributed by atoms with van der Waals surface area (Å²) >= 11 is 0. The smallest absolute Gasteiger partial charge is 0.205 e. The largest absolute Gasteiger partial charge is 0.490 e. The summed E-state index contributed by atoms with van der Waals surface area (Å²) in [5, 5.41) is 2.97. The number of anilines is 1. The Bertz CT molecular complexity index is 535. The fraction of sp³-hybridized carbons (Fsp3) is 0.364. The van der Waals surface area contributed by atoms with Crippen LogP contribution in [-0.2, 0) is 0 Å². The summed E-state index contributed by atoms with van der Waals surface area (Å²) in [4.78, 5) is 12.6. The third-order valence-corrected chi connectivity index (χ3v) is 2.71. The van der Waals surface area contributed by atoms with Crippen LogP contribution in [0.3, 0.4) is 0 Å². The first-order valence-electron chi connectivity index (χ1n) is 5.26. The van der Waals surface area contributed by atoms with E-state index in [2.05, 4.69) is 20.3 Å². The first-order valence-corrected chi connectivity index (χ1v) is 5.26. The summed E-state index contributed by atoms with van der Waals surface area (Å²) < 4.78 is 7.24. The number of rotatable bonds is 3. The summed E-state index contributed by atoms with van der Waals surface area (Å²) in [5.41, 5.74) is 2.00. The molecule has 2 heterocycles. The van der Waals surface area contributed by atoms with Crippen molar-refractivity contribution < 1.29 is 4.74 Å². The van der Waals surface area contributed by atoms with E-state index in [1.54, 1.807) is 20.5 Å².